The Kier molecular flexibility index (Phi) is 5.35. The summed E-state index contributed by atoms with van der Waals surface area (Å²) in [6, 6.07) is 14.5. The maximum atomic E-state index is 13.3. The van der Waals surface area contributed by atoms with Gasteiger partial charge in [-0.3, -0.25) is 14.2 Å². The van der Waals surface area contributed by atoms with Gasteiger partial charge in [0.25, 0.3) is 11.5 Å². The van der Waals surface area contributed by atoms with E-state index in [0.29, 0.717) is 34.4 Å². The predicted octanol–water partition coefficient (Wildman–Crippen LogP) is 3.69. The first-order valence-corrected chi connectivity index (χ1v) is 10.1. The summed E-state index contributed by atoms with van der Waals surface area (Å²) < 4.78 is 12.7. The monoisotopic (exact) mass is 406 g/mol. The van der Waals surface area contributed by atoms with Crippen LogP contribution in [0.25, 0.3) is 16.5 Å². The lowest BCUT2D eigenvalue weighted by Crippen LogP contribution is -2.46. The van der Waals surface area contributed by atoms with Gasteiger partial charge in [-0.2, -0.15) is 0 Å². The molecule has 6 nitrogen and oxygen atoms in total. The Morgan fingerprint density at radius 1 is 1.13 bits per heavy atom. The second-order valence-corrected chi connectivity index (χ2v) is 8.21. The van der Waals surface area contributed by atoms with E-state index in [1.54, 1.807) is 37.6 Å². The average Bonchev–Trinajstić information content (AvgIpc) is 2.73. The summed E-state index contributed by atoms with van der Waals surface area (Å²) in [5, 5.41) is 4.27. The highest BCUT2D eigenvalue weighted by Crippen LogP contribution is 2.26. The van der Waals surface area contributed by atoms with E-state index in [9.17, 15) is 9.59 Å². The number of pyridine rings is 1. The van der Waals surface area contributed by atoms with Gasteiger partial charge in [0, 0.05) is 29.6 Å². The molecule has 0 saturated carbocycles. The minimum atomic E-state index is -0.269. The number of hydrogen-bond donors (Lipinski definition) is 1. The number of fused-ring (bicyclic) bond motifs is 1. The minimum absolute atomic E-state index is 0.0200. The van der Waals surface area contributed by atoms with E-state index in [4.69, 9.17) is 9.47 Å². The molecule has 1 unspecified atom stereocenters. The summed E-state index contributed by atoms with van der Waals surface area (Å²) in [7, 11) is 1.56. The van der Waals surface area contributed by atoms with E-state index >= 15 is 0 Å². The molecule has 1 aliphatic rings. The maximum Gasteiger partial charge on any atom is 0.263 e. The Morgan fingerprint density at radius 2 is 1.83 bits per heavy atom. The molecule has 2 aromatic carbocycles. The van der Waals surface area contributed by atoms with Crippen LogP contribution in [0.5, 0.6) is 5.75 Å². The van der Waals surface area contributed by atoms with Crippen molar-refractivity contribution in [2.24, 2.45) is 0 Å². The molecular formula is C24H26N2O4. The third kappa shape index (κ3) is 3.83. The number of aromatic nitrogens is 1. The molecule has 156 valence electrons. The zero-order valence-corrected chi connectivity index (χ0v) is 17.5. The van der Waals surface area contributed by atoms with E-state index in [0.717, 1.165) is 12.8 Å². The van der Waals surface area contributed by atoms with E-state index in [1.165, 1.54) is 4.57 Å². The van der Waals surface area contributed by atoms with Gasteiger partial charge in [0.15, 0.2) is 0 Å². The highest BCUT2D eigenvalue weighted by molar-refractivity contribution is 6.06. The molecule has 6 heteroatoms. The molecule has 1 atom stereocenters. The molecular weight excluding hydrogens is 380 g/mol. The second-order valence-electron chi connectivity index (χ2n) is 8.21. The van der Waals surface area contributed by atoms with Gasteiger partial charge in [-0.25, -0.2) is 0 Å². The summed E-state index contributed by atoms with van der Waals surface area (Å²) >= 11 is 0. The Balaban J connectivity index is 1.80. The van der Waals surface area contributed by atoms with Gasteiger partial charge < -0.3 is 14.8 Å². The van der Waals surface area contributed by atoms with Crippen molar-refractivity contribution in [3.05, 3.63) is 70.6 Å². The number of methoxy groups -OCH3 is 1. The van der Waals surface area contributed by atoms with E-state index in [2.05, 4.69) is 5.32 Å². The topological polar surface area (TPSA) is 69.6 Å². The van der Waals surface area contributed by atoms with Crippen molar-refractivity contribution in [3.63, 3.8) is 0 Å². The van der Waals surface area contributed by atoms with Crippen molar-refractivity contribution in [1.82, 2.24) is 9.88 Å². The maximum absolute atomic E-state index is 13.3. The molecule has 0 radical (unpaired) electrons. The molecule has 1 N–H and O–H groups in total. The number of ether oxygens (including phenoxy) is 2. The molecule has 1 aliphatic heterocycles. The summed E-state index contributed by atoms with van der Waals surface area (Å²) in [6.45, 7) is 4.67. The molecule has 0 aliphatic carbocycles. The Hall–Kier alpha value is -3.12. The Labute approximate surface area is 175 Å². The normalized spacial score (nSPS) is 18.2. The van der Waals surface area contributed by atoms with Crippen molar-refractivity contribution in [1.29, 1.82) is 0 Å². The number of amides is 1. The molecule has 1 aromatic heterocycles. The van der Waals surface area contributed by atoms with Crippen LogP contribution < -0.4 is 15.6 Å². The van der Waals surface area contributed by atoms with Gasteiger partial charge >= 0.3 is 0 Å². The second kappa shape index (κ2) is 7.95. The van der Waals surface area contributed by atoms with Crippen LogP contribution in [0.1, 0.15) is 37.0 Å². The zero-order valence-electron chi connectivity index (χ0n) is 17.5. The van der Waals surface area contributed by atoms with Gasteiger partial charge in [0.2, 0.25) is 0 Å². The summed E-state index contributed by atoms with van der Waals surface area (Å²) in [5.41, 5.74) is 0.588. The smallest absolute Gasteiger partial charge is 0.263 e. The van der Waals surface area contributed by atoms with Crippen molar-refractivity contribution < 1.29 is 14.3 Å². The van der Waals surface area contributed by atoms with Crippen molar-refractivity contribution in [2.45, 2.75) is 38.3 Å². The largest absolute Gasteiger partial charge is 0.495 e. The molecule has 0 spiro atoms. The lowest BCUT2D eigenvalue weighted by Gasteiger charge is -2.35. The first-order valence-electron chi connectivity index (χ1n) is 10.1. The third-order valence-corrected chi connectivity index (χ3v) is 5.55. The van der Waals surface area contributed by atoms with Gasteiger partial charge in [0.1, 0.15) is 5.75 Å². The van der Waals surface area contributed by atoms with Gasteiger partial charge in [-0.15, -0.1) is 0 Å². The number of nitrogens with zero attached hydrogens (tertiary/aromatic N) is 1. The number of carbonyl (C=O) groups excluding carboxylic acids is 1. The van der Waals surface area contributed by atoms with Crippen LogP contribution in [-0.2, 0) is 4.74 Å². The molecule has 4 rings (SSSR count). The van der Waals surface area contributed by atoms with Gasteiger partial charge in [-0.05, 0) is 44.9 Å². The molecule has 1 fully saturated rings. The van der Waals surface area contributed by atoms with Gasteiger partial charge in [-0.1, -0.05) is 30.3 Å². The number of para-hydroxylation sites is 2. The number of benzene rings is 2. The van der Waals surface area contributed by atoms with Crippen LogP contribution in [0.15, 0.2) is 59.5 Å². The minimum Gasteiger partial charge on any atom is -0.495 e. The van der Waals surface area contributed by atoms with E-state index < -0.39 is 0 Å². The molecule has 2 heterocycles. The molecule has 1 amide bonds. The fraction of sp³-hybridized carbons (Fsp3) is 0.333. The number of hydrogen-bond acceptors (Lipinski definition) is 4. The van der Waals surface area contributed by atoms with Crippen LogP contribution in [0, 0.1) is 0 Å². The van der Waals surface area contributed by atoms with E-state index in [-0.39, 0.29) is 23.1 Å². The van der Waals surface area contributed by atoms with Crippen LogP contribution in [-0.4, -0.2) is 35.8 Å². The quantitative estimate of drug-likeness (QED) is 0.718. The highest BCUT2D eigenvalue weighted by atomic mass is 16.5. The zero-order chi connectivity index (χ0) is 21.3. The third-order valence-electron chi connectivity index (χ3n) is 5.55. The first-order chi connectivity index (χ1) is 14.4. The lowest BCUT2D eigenvalue weighted by atomic mass is 9.93. The van der Waals surface area contributed by atoms with Crippen molar-refractivity contribution in [3.8, 4) is 11.4 Å². The van der Waals surface area contributed by atoms with Crippen LogP contribution in [0.4, 0.5) is 0 Å². The lowest BCUT2D eigenvalue weighted by molar-refractivity contribution is -0.0615. The molecule has 3 aromatic rings. The molecule has 30 heavy (non-hydrogen) atoms. The SMILES string of the molecule is COc1ccccc1-n1cc(C(=O)NC2CCOC(C)(C)C2)c2ccccc2c1=O. The standard InChI is InChI=1S/C24H26N2O4/c1-24(2)14-16(12-13-30-24)25-22(27)19-15-26(20-10-6-7-11-21(20)29-3)23(28)18-9-5-4-8-17(18)19/h4-11,15-16H,12-14H2,1-3H3,(H,25,27). The van der Waals surface area contributed by atoms with Crippen molar-refractivity contribution >= 4 is 16.7 Å². The van der Waals surface area contributed by atoms with Crippen molar-refractivity contribution in [2.75, 3.05) is 13.7 Å². The van der Waals surface area contributed by atoms with E-state index in [1.807, 2.05) is 38.1 Å². The highest BCUT2D eigenvalue weighted by Gasteiger charge is 2.30. The molecule has 0 bridgehead atoms. The van der Waals surface area contributed by atoms with Gasteiger partial charge in [0.05, 0.1) is 24.0 Å². The number of rotatable bonds is 4. The summed E-state index contributed by atoms with van der Waals surface area (Å²) in [4.78, 5) is 26.5. The van der Waals surface area contributed by atoms with Crippen LogP contribution in [0.3, 0.4) is 0 Å². The Bertz CT molecular complexity index is 1150. The average molecular weight is 406 g/mol. The fourth-order valence-corrected chi connectivity index (χ4v) is 4.10. The van der Waals surface area contributed by atoms with Crippen LogP contribution in [0.2, 0.25) is 0 Å². The number of carbonyl (C=O) groups is 1. The molecule has 1 saturated heterocycles. The predicted molar refractivity (Wildman–Crippen MR) is 117 cm³/mol. The summed E-state index contributed by atoms with van der Waals surface area (Å²) in [5.74, 6) is 0.366. The summed E-state index contributed by atoms with van der Waals surface area (Å²) in [6.07, 6.45) is 3.12. The fourth-order valence-electron chi connectivity index (χ4n) is 4.10. The number of nitrogens with one attached hydrogen (secondary N) is 1. The van der Waals surface area contributed by atoms with Crippen LogP contribution >= 0.6 is 0 Å². The Morgan fingerprint density at radius 3 is 2.57 bits per heavy atom. The first kappa shape index (κ1) is 20.2.